The van der Waals surface area contributed by atoms with E-state index < -0.39 is 0 Å². The largest absolute Gasteiger partial charge is 0.381 e. The van der Waals surface area contributed by atoms with Crippen LogP contribution in [-0.2, 0) is 11.3 Å². The van der Waals surface area contributed by atoms with Gasteiger partial charge in [0.05, 0.1) is 12.3 Å². The molecule has 2 heterocycles. The molecule has 1 aliphatic heterocycles. The molecule has 1 atom stereocenters. The van der Waals surface area contributed by atoms with E-state index in [0.29, 0.717) is 12.5 Å². The number of benzene rings is 1. The monoisotopic (exact) mass is 260 g/mol. The predicted molar refractivity (Wildman–Crippen MR) is 73.6 cm³/mol. The minimum Gasteiger partial charge on any atom is -0.381 e. The first-order valence-electron chi connectivity index (χ1n) is 6.19. The fourth-order valence-electron chi connectivity index (χ4n) is 2.16. The summed E-state index contributed by atoms with van der Waals surface area (Å²) in [5.41, 5.74) is 9.10. The number of thiazole rings is 1. The Balaban J connectivity index is 1.82. The molecule has 4 heteroatoms. The van der Waals surface area contributed by atoms with Gasteiger partial charge < -0.3 is 10.5 Å². The molecule has 2 N–H and O–H groups in total. The van der Waals surface area contributed by atoms with Gasteiger partial charge in [-0.2, -0.15) is 0 Å². The lowest BCUT2D eigenvalue weighted by atomic mass is 10.1. The van der Waals surface area contributed by atoms with Crippen LogP contribution in [0.1, 0.15) is 23.6 Å². The highest BCUT2D eigenvalue weighted by Crippen LogP contribution is 2.30. The van der Waals surface area contributed by atoms with Crippen LogP contribution in [0, 0.1) is 0 Å². The lowest BCUT2D eigenvalue weighted by Gasteiger charge is -2.02. The Labute approximate surface area is 111 Å². The Kier molecular flexibility index (Phi) is 3.41. The van der Waals surface area contributed by atoms with Gasteiger partial charge in [0, 0.05) is 30.0 Å². The molecule has 0 amide bonds. The lowest BCUT2D eigenvalue weighted by Crippen LogP contribution is -1.97. The van der Waals surface area contributed by atoms with E-state index in [1.165, 1.54) is 11.3 Å². The van der Waals surface area contributed by atoms with Gasteiger partial charge in [-0.1, -0.05) is 24.3 Å². The van der Waals surface area contributed by atoms with Crippen molar-refractivity contribution in [2.24, 2.45) is 5.73 Å². The number of aromatic nitrogens is 1. The maximum absolute atomic E-state index is 5.60. The zero-order chi connectivity index (χ0) is 12.4. The number of nitrogens with zero attached hydrogens (tertiary/aromatic N) is 1. The van der Waals surface area contributed by atoms with Crippen LogP contribution in [0.4, 0.5) is 0 Å². The second kappa shape index (κ2) is 5.18. The van der Waals surface area contributed by atoms with Crippen molar-refractivity contribution in [2.75, 3.05) is 13.2 Å². The van der Waals surface area contributed by atoms with Crippen molar-refractivity contribution < 1.29 is 4.74 Å². The molecule has 3 nitrogen and oxygen atoms in total. The summed E-state index contributed by atoms with van der Waals surface area (Å²) in [6.45, 7) is 2.26. The van der Waals surface area contributed by atoms with Crippen LogP contribution in [0.15, 0.2) is 29.6 Å². The van der Waals surface area contributed by atoms with E-state index >= 15 is 0 Å². The van der Waals surface area contributed by atoms with Crippen LogP contribution >= 0.6 is 11.3 Å². The Bertz CT molecular complexity index is 515. The van der Waals surface area contributed by atoms with E-state index in [-0.39, 0.29) is 0 Å². The van der Waals surface area contributed by atoms with Crippen LogP contribution in [0.2, 0.25) is 0 Å². The Hall–Kier alpha value is -1.23. The first kappa shape index (κ1) is 11.8. The third kappa shape index (κ3) is 2.32. The van der Waals surface area contributed by atoms with Gasteiger partial charge in [0.2, 0.25) is 0 Å². The second-order valence-electron chi connectivity index (χ2n) is 4.54. The quantitative estimate of drug-likeness (QED) is 0.923. The lowest BCUT2D eigenvalue weighted by molar-refractivity contribution is 0.193. The van der Waals surface area contributed by atoms with E-state index in [0.717, 1.165) is 30.2 Å². The van der Waals surface area contributed by atoms with Gasteiger partial charge in [-0.25, -0.2) is 4.98 Å². The molecule has 1 aromatic heterocycles. The number of rotatable bonds is 3. The molecular formula is C14H16N2OS. The average Bonchev–Trinajstić information content (AvgIpc) is 3.09. The van der Waals surface area contributed by atoms with Gasteiger partial charge in [-0.05, 0) is 12.0 Å². The summed E-state index contributed by atoms with van der Waals surface area (Å²) in [5, 5.41) is 3.24. The summed E-state index contributed by atoms with van der Waals surface area (Å²) >= 11 is 1.71. The summed E-state index contributed by atoms with van der Waals surface area (Å²) in [6, 6.07) is 8.32. The van der Waals surface area contributed by atoms with Crippen molar-refractivity contribution >= 4 is 11.3 Å². The molecule has 18 heavy (non-hydrogen) atoms. The van der Waals surface area contributed by atoms with Crippen molar-refractivity contribution in [2.45, 2.75) is 18.9 Å². The molecule has 0 spiro atoms. The van der Waals surface area contributed by atoms with Crippen molar-refractivity contribution in [3.63, 3.8) is 0 Å². The van der Waals surface area contributed by atoms with Crippen LogP contribution in [0.5, 0.6) is 0 Å². The first-order valence-corrected chi connectivity index (χ1v) is 7.07. The predicted octanol–water partition coefficient (Wildman–Crippen LogP) is 2.77. The molecule has 3 rings (SSSR count). The smallest absolute Gasteiger partial charge is 0.123 e. The maximum Gasteiger partial charge on any atom is 0.123 e. The van der Waals surface area contributed by atoms with Gasteiger partial charge in [0.15, 0.2) is 0 Å². The fourth-order valence-corrected chi connectivity index (χ4v) is 3.07. The van der Waals surface area contributed by atoms with Gasteiger partial charge in [-0.3, -0.25) is 0 Å². The Morgan fingerprint density at radius 3 is 2.83 bits per heavy atom. The highest BCUT2D eigenvalue weighted by molar-refractivity contribution is 7.13. The molecule has 0 unspecified atom stereocenters. The summed E-state index contributed by atoms with van der Waals surface area (Å²) in [5.74, 6) is 0.485. The molecule has 2 aromatic rings. The van der Waals surface area contributed by atoms with Crippen molar-refractivity contribution in [3.8, 4) is 10.6 Å². The molecule has 1 fully saturated rings. The minimum absolute atomic E-state index is 0.485. The van der Waals surface area contributed by atoms with Crippen LogP contribution in [-0.4, -0.2) is 18.2 Å². The van der Waals surface area contributed by atoms with Gasteiger partial charge in [-0.15, -0.1) is 11.3 Å². The highest BCUT2D eigenvalue weighted by atomic mass is 32.1. The molecule has 0 saturated carbocycles. The minimum atomic E-state index is 0.485. The Morgan fingerprint density at radius 2 is 2.17 bits per heavy atom. The van der Waals surface area contributed by atoms with Crippen LogP contribution in [0.3, 0.4) is 0 Å². The van der Waals surface area contributed by atoms with Crippen molar-refractivity contribution in [1.29, 1.82) is 0 Å². The van der Waals surface area contributed by atoms with Gasteiger partial charge >= 0.3 is 0 Å². The van der Waals surface area contributed by atoms with Crippen LogP contribution in [0.25, 0.3) is 10.6 Å². The molecule has 0 bridgehead atoms. The van der Waals surface area contributed by atoms with E-state index in [4.69, 9.17) is 15.5 Å². The second-order valence-corrected chi connectivity index (χ2v) is 5.40. The fraction of sp³-hybridized carbons (Fsp3) is 0.357. The number of hydrogen-bond acceptors (Lipinski definition) is 4. The van der Waals surface area contributed by atoms with E-state index in [1.807, 2.05) is 0 Å². The summed E-state index contributed by atoms with van der Waals surface area (Å²) in [7, 11) is 0. The summed E-state index contributed by atoms with van der Waals surface area (Å²) < 4.78 is 5.41. The normalized spacial score (nSPS) is 19.3. The van der Waals surface area contributed by atoms with E-state index in [2.05, 4.69) is 29.6 Å². The van der Waals surface area contributed by atoms with Gasteiger partial charge in [0.25, 0.3) is 0 Å². The SMILES string of the molecule is NCc1ccc(-c2nc([C@H]3CCOC3)cs2)cc1. The standard InChI is InChI=1S/C14H16N2OS/c15-7-10-1-3-11(4-2-10)14-16-13(9-18-14)12-5-6-17-8-12/h1-4,9,12H,5-8,15H2/t12-/m0/s1. The zero-order valence-electron chi connectivity index (χ0n) is 10.1. The maximum atomic E-state index is 5.60. The van der Waals surface area contributed by atoms with Crippen molar-refractivity contribution in [1.82, 2.24) is 4.98 Å². The molecule has 1 aromatic carbocycles. The number of hydrogen-bond donors (Lipinski definition) is 1. The Morgan fingerprint density at radius 1 is 1.33 bits per heavy atom. The third-order valence-corrected chi connectivity index (χ3v) is 4.22. The molecule has 0 aliphatic carbocycles. The van der Waals surface area contributed by atoms with Gasteiger partial charge in [0.1, 0.15) is 5.01 Å². The van der Waals surface area contributed by atoms with E-state index in [9.17, 15) is 0 Å². The molecule has 94 valence electrons. The first-order chi connectivity index (χ1) is 8.86. The van der Waals surface area contributed by atoms with Crippen molar-refractivity contribution in [3.05, 3.63) is 40.9 Å². The zero-order valence-corrected chi connectivity index (χ0v) is 11.0. The molecular weight excluding hydrogens is 244 g/mol. The van der Waals surface area contributed by atoms with Crippen LogP contribution < -0.4 is 5.73 Å². The number of nitrogens with two attached hydrogens (primary N) is 1. The summed E-state index contributed by atoms with van der Waals surface area (Å²) in [6.07, 6.45) is 1.09. The molecule has 1 saturated heterocycles. The molecule has 1 aliphatic rings. The topological polar surface area (TPSA) is 48.1 Å². The average molecular weight is 260 g/mol. The highest BCUT2D eigenvalue weighted by Gasteiger charge is 2.20. The van der Waals surface area contributed by atoms with E-state index in [1.54, 1.807) is 11.3 Å². The third-order valence-electron chi connectivity index (χ3n) is 3.31. The molecule has 0 radical (unpaired) electrons. The summed E-state index contributed by atoms with van der Waals surface area (Å²) in [4.78, 5) is 4.73. The number of ether oxygens (including phenoxy) is 1.